The number of nitrogens with one attached hydrogen (secondary N) is 2. The van der Waals surface area contributed by atoms with Crippen molar-refractivity contribution in [1.29, 1.82) is 0 Å². The average molecular weight is 445 g/mol. The second kappa shape index (κ2) is 10.3. The lowest BCUT2D eigenvalue weighted by molar-refractivity contribution is -0.113. The third-order valence-electron chi connectivity index (χ3n) is 4.24. The van der Waals surface area contributed by atoms with Crippen LogP contribution in [0.15, 0.2) is 46.8 Å². The maximum absolute atomic E-state index is 12.3. The highest BCUT2D eigenvalue weighted by atomic mass is 32.2. The van der Waals surface area contributed by atoms with Gasteiger partial charge in [0.15, 0.2) is 4.34 Å². The second-order valence-corrected chi connectivity index (χ2v) is 8.88. The van der Waals surface area contributed by atoms with Crippen molar-refractivity contribution in [2.75, 3.05) is 30.6 Å². The molecular weight excluding hydrogens is 420 g/mol. The molecule has 3 rings (SSSR count). The van der Waals surface area contributed by atoms with E-state index in [1.165, 1.54) is 28.7 Å². The lowest BCUT2D eigenvalue weighted by Gasteiger charge is -2.11. The van der Waals surface area contributed by atoms with Crippen molar-refractivity contribution in [2.45, 2.75) is 24.1 Å². The van der Waals surface area contributed by atoms with Gasteiger partial charge in [0.25, 0.3) is 0 Å². The number of carbonyl (C=O) groups is 1. The molecule has 0 fully saturated rings. The summed E-state index contributed by atoms with van der Waals surface area (Å²) in [4.78, 5) is 12.3. The number of nitrogens with zero attached hydrogens (tertiary/aromatic N) is 2. The molecule has 0 unspecified atom stereocenters. The highest BCUT2D eigenvalue weighted by Crippen LogP contribution is 2.31. The Morgan fingerprint density at radius 1 is 1.10 bits per heavy atom. The van der Waals surface area contributed by atoms with E-state index in [4.69, 9.17) is 9.47 Å². The van der Waals surface area contributed by atoms with Gasteiger partial charge in [0.05, 0.1) is 25.7 Å². The number of amides is 1. The Bertz CT molecular complexity index is 990. The van der Waals surface area contributed by atoms with Gasteiger partial charge in [0.2, 0.25) is 11.0 Å². The van der Waals surface area contributed by atoms with Crippen molar-refractivity contribution in [3.05, 3.63) is 48.0 Å². The van der Waals surface area contributed by atoms with Crippen LogP contribution in [0, 0.1) is 0 Å². The minimum Gasteiger partial charge on any atom is -0.497 e. The summed E-state index contributed by atoms with van der Waals surface area (Å²) in [6.07, 6.45) is 0. The number of carbonyl (C=O) groups excluding carboxylic acids is 1. The lowest BCUT2D eigenvalue weighted by Crippen LogP contribution is -2.14. The smallest absolute Gasteiger partial charge is 0.234 e. The van der Waals surface area contributed by atoms with E-state index in [0.717, 1.165) is 5.69 Å². The summed E-state index contributed by atoms with van der Waals surface area (Å²) in [5.74, 6) is 1.75. The van der Waals surface area contributed by atoms with E-state index in [2.05, 4.69) is 46.8 Å². The summed E-state index contributed by atoms with van der Waals surface area (Å²) in [5, 5.41) is 15.1. The van der Waals surface area contributed by atoms with Crippen LogP contribution in [0.5, 0.6) is 11.5 Å². The largest absolute Gasteiger partial charge is 0.497 e. The molecule has 2 N–H and O–H groups in total. The van der Waals surface area contributed by atoms with E-state index < -0.39 is 0 Å². The van der Waals surface area contributed by atoms with Gasteiger partial charge in [0, 0.05) is 11.8 Å². The number of anilines is 3. The number of ether oxygens (including phenoxy) is 2. The number of rotatable bonds is 9. The quantitative estimate of drug-likeness (QED) is 0.441. The van der Waals surface area contributed by atoms with Gasteiger partial charge in [-0.3, -0.25) is 4.79 Å². The number of methoxy groups -OCH3 is 2. The average Bonchev–Trinajstić information content (AvgIpc) is 3.20. The maximum Gasteiger partial charge on any atom is 0.234 e. The van der Waals surface area contributed by atoms with Crippen molar-refractivity contribution in [2.24, 2.45) is 0 Å². The molecule has 1 aromatic heterocycles. The van der Waals surface area contributed by atoms with Crippen LogP contribution in [0.2, 0.25) is 0 Å². The van der Waals surface area contributed by atoms with E-state index >= 15 is 0 Å². The zero-order valence-electron chi connectivity index (χ0n) is 17.3. The minimum absolute atomic E-state index is 0.155. The Morgan fingerprint density at radius 2 is 1.87 bits per heavy atom. The molecule has 0 aliphatic carbocycles. The third-order valence-corrected chi connectivity index (χ3v) is 6.22. The van der Waals surface area contributed by atoms with Gasteiger partial charge in [-0.25, -0.2) is 0 Å². The van der Waals surface area contributed by atoms with E-state index in [9.17, 15) is 4.79 Å². The molecule has 0 atom stereocenters. The summed E-state index contributed by atoms with van der Waals surface area (Å²) in [7, 11) is 3.13. The Kier molecular flexibility index (Phi) is 7.53. The summed E-state index contributed by atoms with van der Waals surface area (Å²) in [6, 6.07) is 13.5. The van der Waals surface area contributed by atoms with Crippen LogP contribution >= 0.6 is 23.1 Å². The number of hydrogen-bond donors (Lipinski definition) is 2. The van der Waals surface area contributed by atoms with Crippen molar-refractivity contribution in [3.63, 3.8) is 0 Å². The van der Waals surface area contributed by atoms with Crippen molar-refractivity contribution in [1.82, 2.24) is 10.2 Å². The predicted octanol–water partition coefficient (Wildman–Crippen LogP) is 5.15. The molecule has 0 bridgehead atoms. The molecule has 0 saturated heterocycles. The molecule has 158 valence electrons. The summed E-state index contributed by atoms with van der Waals surface area (Å²) >= 11 is 2.74. The Balaban J connectivity index is 1.53. The van der Waals surface area contributed by atoms with Gasteiger partial charge in [-0.2, -0.15) is 0 Å². The first-order valence-corrected chi connectivity index (χ1v) is 11.1. The number of hydrogen-bond acceptors (Lipinski definition) is 8. The van der Waals surface area contributed by atoms with Crippen LogP contribution in [0.4, 0.5) is 16.5 Å². The zero-order valence-corrected chi connectivity index (χ0v) is 18.9. The SMILES string of the molecule is COc1ccc(NC(=O)CSc2nnc(Nc3ccc(C(C)C)cc3)s2)c(OC)c1. The molecule has 0 aliphatic heterocycles. The van der Waals surface area contributed by atoms with Crippen LogP contribution in [-0.2, 0) is 4.79 Å². The third kappa shape index (κ3) is 5.87. The molecule has 0 aliphatic rings. The molecule has 0 saturated carbocycles. The lowest BCUT2D eigenvalue weighted by atomic mass is 10.0. The molecule has 30 heavy (non-hydrogen) atoms. The summed E-state index contributed by atoms with van der Waals surface area (Å²) < 4.78 is 11.2. The van der Waals surface area contributed by atoms with E-state index in [0.29, 0.717) is 32.6 Å². The standard InChI is InChI=1S/C21H24N4O3S2/c1-13(2)14-5-7-15(8-6-14)22-20-24-25-21(30-20)29-12-19(26)23-17-10-9-16(27-3)11-18(17)28-4/h5-11,13H,12H2,1-4H3,(H,22,24)(H,23,26). The van der Waals surface area contributed by atoms with E-state index in [1.807, 2.05) is 12.1 Å². The number of benzene rings is 2. The molecule has 9 heteroatoms. The molecule has 1 amide bonds. The fourth-order valence-electron chi connectivity index (χ4n) is 2.61. The minimum atomic E-state index is -0.155. The van der Waals surface area contributed by atoms with Gasteiger partial charge >= 0.3 is 0 Å². The molecule has 1 heterocycles. The second-order valence-electron chi connectivity index (χ2n) is 6.68. The summed E-state index contributed by atoms with van der Waals surface area (Å²) in [6.45, 7) is 4.33. The fraction of sp³-hybridized carbons (Fsp3) is 0.286. The van der Waals surface area contributed by atoms with E-state index in [-0.39, 0.29) is 11.7 Å². The first-order chi connectivity index (χ1) is 14.5. The molecular formula is C21H24N4O3S2. The Morgan fingerprint density at radius 3 is 2.53 bits per heavy atom. The number of aromatic nitrogens is 2. The molecule has 2 aromatic carbocycles. The molecule has 0 spiro atoms. The highest BCUT2D eigenvalue weighted by molar-refractivity contribution is 8.01. The van der Waals surface area contributed by atoms with Crippen molar-refractivity contribution in [3.8, 4) is 11.5 Å². The Labute approximate surface area is 184 Å². The Hall–Kier alpha value is -2.78. The fourth-order valence-corrected chi connectivity index (χ4v) is 4.18. The van der Waals surface area contributed by atoms with Gasteiger partial charge < -0.3 is 20.1 Å². The highest BCUT2D eigenvalue weighted by Gasteiger charge is 2.12. The van der Waals surface area contributed by atoms with Gasteiger partial charge in [-0.05, 0) is 35.7 Å². The first kappa shape index (κ1) is 21.9. The van der Waals surface area contributed by atoms with Crippen LogP contribution in [0.1, 0.15) is 25.3 Å². The van der Waals surface area contributed by atoms with Gasteiger partial charge in [-0.1, -0.05) is 49.1 Å². The van der Waals surface area contributed by atoms with Crippen LogP contribution in [0.3, 0.4) is 0 Å². The summed E-state index contributed by atoms with van der Waals surface area (Å²) in [5.41, 5.74) is 2.83. The molecule has 7 nitrogen and oxygen atoms in total. The van der Waals surface area contributed by atoms with Crippen molar-refractivity contribution < 1.29 is 14.3 Å². The molecule has 0 radical (unpaired) electrons. The van der Waals surface area contributed by atoms with Crippen molar-refractivity contribution >= 4 is 45.5 Å². The predicted molar refractivity (Wildman–Crippen MR) is 123 cm³/mol. The van der Waals surface area contributed by atoms with Crippen LogP contribution in [-0.4, -0.2) is 36.1 Å². The van der Waals surface area contributed by atoms with E-state index in [1.54, 1.807) is 32.4 Å². The zero-order chi connectivity index (χ0) is 21.5. The van der Waals surface area contributed by atoms with Crippen LogP contribution in [0.25, 0.3) is 0 Å². The normalized spacial score (nSPS) is 10.7. The maximum atomic E-state index is 12.3. The topological polar surface area (TPSA) is 85.4 Å². The number of thioether (sulfide) groups is 1. The first-order valence-electron chi connectivity index (χ1n) is 9.33. The van der Waals surface area contributed by atoms with Gasteiger partial charge in [-0.15, -0.1) is 10.2 Å². The van der Waals surface area contributed by atoms with Crippen LogP contribution < -0.4 is 20.1 Å². The monoisotopic (exact) mass is 444 g/mol. The van der Waals surface area contributed by atoms with Gasteiger partial charge in [0.1, 0.15) is 11.5 Å². The molecule has 3 aromatic rings.